The predicted octanol–water partition coefficient (Wildman–Crippen LogP) is 3.37. The topological polar surface area (TPSA) is 190 Å². The van der Waals surface area contributed by atoms with Crippen molar-refractivity contribution in [2.45, 2.75) is 45.4 Å². The number of carbonyl (C=O) groups is 2. The normalized spacial score (nSPS) is 12.7. The van der Waals surface area contributed by atoms with Gasteiger partial charge in [-0.3, -0.25) is 4.79 Å². The Morgan fingerprint density at radius 2 is 1.85 bits per heavy atom. The first-order valence-corrected chi connectivity index (χ1v) is 10.9. The molecular formula is C22H31N7O5. The molecule has 1 unspecified atom stereocenters. The van der Waals surface area contributed by atoms with Gasteiger partial charge in [-0.15, -0.1) is 10.2 Å². The van der Waals surface area contributed by atoms with Crippen molar-refractivity contribution in [2.24, 2.45) is 21.7 Å². The maximum atomic E-state index is 12.2. The van der Waals surface area contributed by atoms with E-state index in [9.17, 15) is 9.59 Å². The monoisotopic (exact) mass is 473 g/mol. The number of rotatable bonds is 12. The quantitative estimate of drug-likeness (QED) is 0.155. The zero-order valence-electron chi connectivity index (χ0n) is 19.3. The van der Waals surface area contributed by atoms with E-state index in [4.69, 9.17) is 31.4 Å². The average molecular weight is 474 g/mol. The van der Waals surface area contributed by atoms with Crippen molar-refractivity contribution in [3.05, 3.63) is 36.4 Å². The molecule has 1 aromatic heterocycles. The maximum absolute atomic E-state index is 12.2. The van der Waals surface area contributed by atoms with E-state index < -0.39 is 18.5 Å². The van der Waals surface area contributed by atoms with E-state index in [0.29, 0.717) is 24.4 Å². The fourth-order valence-electron chi connectivity index (χ4n) is 2.72. The largest absolute Gasteiger partial charge is 0.511 e. The summed E-state index contributed by atoms with van der Waals surface area (Å²) in [6, 6.07) is 9.25. The van der Waals surface area contributed by atoms with E-state index in [2.05, 4.69) is 20.5 Å². The van der Waals surface area contributed by atoms with E-state index in [1.54, 1.807) is 50.2 Å². The average Bonchev–Trinajstić information content (AvgIpc) is 2.79. The van der Waals surface area contributed by atoms with Gasteiger partial charge in [0.2, 0.25) is 12.2 Å². The number of hydrogen-bond donors (Lipinski definition) is 4. The Morgan fingerprint density at radius 3 is 2.56 bits per heavy atom. The number of nitrogens with two attached hydrogens (primary N) is 3. The fourth-order valence-corrected chi connectivity index (χ4v) is 2.72. The summed E-state index contributed by atoms with van der Waals surface area (Å²) in [7, 11) is 0. The molecule has 34 heavy (non-hydrogen) atoms. The van der Waals surface area contributed by atoms with E-state index in [-0.39, 0.29) is 29.8 Å². The van der Waals surface area contributed by atoms with Crippen LogP contribution in [0.25, 0.3) is 0 Å². The number of carbonyl (C=O) groups excluding carboxylic acids is 2. The summed E-state index contributed by atoms with van der Waals surface area (Å²) in [6.07, 6.45) is 0.342. The van der Waals surface area contributed by atoms with Gasteiger partial charge < -0.3 is 36.7 Å². The standard InChI is InChI=1S/C22H31N7O5/c1-3-32-22(31)34-14(2)33-18-10-5-4-9-16(18)28-29-17-11-12-19(26-20(17)25)27-21(30)15(24)8-6-7-13-23/h4-5,9-12,14-15H,3,6-8,13,23-24H2,1-2H3,(H3,25,26,27,30)/b29-28+/t14?,15-/m0/s1. The number of pyridine rings is 1. The highest BCUT2D eigenvalue weighted by Crippen LogP contribution is 2.31. The molecule has 0 saturated heterocycles. The molecule has 1 heterocycles. The molecule has 0 fully saturated rings. The van der Waals surface area contributed by atoms with Crippen LogP contribution in [0.2, 0.25) is 0 Å². The highest BCUT2D eigenvalue weighted by molar-refractivity contribution is 5.94. The van der Waals surface area contributed by atoms with Gasteiger partial charge in [0.1, 0.15) is 17.2 Å². The first-order valence-electron chi connectivity index (χ1n) is 10.9. The zero-order chi connectivity index (χ0) is 24.9. The van der Waals surface area contributed by atoms with Crippen molar-refractivity contribution >= 4 is 35.1 Å². The van der Waals surface area contributed by atoms with Gasteiger partial charge in [0.05, 0.1) is 12.6 Å². The molecule has 1 amide bonds. The van der Waals surface area contributed by atoms with Crippen LogP contribution >= 0.6 is 0 Å². The molecule has 0 radical (unpaired) electrons. The molecule has 12 nitrogen and oxygen atoms in total. The van der Waals surface area contributed by atoms with Gasteiger partial charge in [-0.2, -0.15) is 0 Å². The van der Waals surface area contributed by atoms with Crippen molar-refractivity contribution < 1.29 is 23.8 Å². The first kappa shape index (κ1) is 26.5. The molecule has 12 heteroatoms. The van der Waals surface area contributed by atoms with Crippen molar-refractivity contribution in [3.63, 3.8) is 0 Å². The second-order valence-corrected chi connectivity index (χ2v) is 7.14. The molecule has 0 saturated carbocycles. The minimum Gasteiger partial charge on any atom is -0.453 e. The Balaban J connectivity index is 2.03. The maximum Gasteiger partial charge on any atom is 0.511 e. The molecule has 7 N–H and O–H groups in total. The number of unbranched alkanes of at least 4 members (excludes halogenated alkanes) is 1. The summed E-state index contributed by atoms with van der Waals surface area (Å²) in [4.78, 5) is 27.8. The summed E-state index contributed by atoms with van der Waals surface area (Å²) >= 11 is 0. The van der Waals surface area contributed by atoms with Gasteiger partial charge in [0, 0.05) is 6.92 Å². The highest BCUT2D eigenvalue weighted by atomic mass is 16.8. The summed E-state index contributed by atoms with van der Waals surface area (Å²) in [5.74, 6) is 0.297. The number of ether oxygens (including phenoxy) is 3. The van der Waals surface area contributed by atoms with Gasteiger partial charge in [0.25, 0.3) is 0 Å². The SMILES string of the molecule is CCOC(=O)OC(C)Oc1ccccc1/N=N/c1ccc(NC(=O)[C@@H](N)CCCCN)nc1N. The second kappa shape index (κ2) is 13.7. The number of amides is 1. The fraction of sp³-hybridized carbons (Fsp3) is 0.409. The molecule has 0 aliphatic heterocycles. The van der Waals surface area contributed by atoms with E-state index in [1.807, 2.05) is 0 Å². The molecule has 1 aromatic carbocycles. The molecule has 0 spiro atoms. The Kier molecular flexibility index (Phi) is 10.7. The van der Waals surface area contributed by atoms with Crippen LogP contribution in [0, 0.1) is 0 Å². The third-order valence-electron chi connectivity index (χ3n) is 4.41. The number of benzene rings is 1. The number of para-hydroxylation sites is 1. The number of nitrogens with one attached hydrogen (secondary N) is 1. The molecule has 2 rings (SSSR count). The lowest BCUT2D eigenvalue weighted by Gasteiger charge is -2.15. The number of hydrogen-bond acceptors (Lipinski definition) is 11. The molecule has 0 aliphatic carbocycles. The van der Waals surface area contributed by atoms with Gasteiger partial charge in [-0.25, -0.2) is 9.78 Å². The van der Waals surface area contributed by atoms with Crippen LogP contribution in [-0.4, -0.2) is 42.5 Å². The highest BCUT2D eigenvalue weighted by Gasteiger charge is 2.15. The van der Waals surface area contributed by atoms with Crippen molar-refractivity contribution in [1.82, 2.24) is 4.98 Å². The number of nitrogens with zero attached hydrogens (tertiary/aromatic N) is 3. The Labute approximate surface area is 197 Å². The lowest BCUT2D eigenvalue weighted by atomic mass is 10.1. The molecule has 0 aliphatic rings. The van der Waals surface area contributed by atoms with Crippen LogP contribution in [0.1, 0.15) is 33.1 Å². The van der Waals surface area contributed by atoms with Crippen molar-refractivity contribution in [3.8, 4) is 5.75 Å². The summed E-state index contributed by atoms with van der Waals surface area (Å²) < 4.78 is 15.3. The number of nitrogen functional groups attached to an aromatic ring is 1. The third-order valence-corrected chi connectivity index (χ3v) is 4.41. The minimum atomic E-state index is -0.910. The molecule has 2 aromatic rings. The van der Waals surface area contributed by atoms with Crippen molar-refractivity contribution in [1.29, 1.82) is 0 Å². The van der Waals surface area contributed by atoms with Crippen LogP contribution in [0.3, 0.4) is 0 Å². The third kappa shape index (κ3) is 8.64. The van der Waals surface area contributed by atoms with Gasteiger partial charge in [-0.1, -0.05) is 18.6 Å². The predicted molar refractivity (Wildman–Crippen MR) is 127 cm³/mol. The van der Waals surface area contributed by atoms with Crippen LogP contribution < -0.4 is 27.3 Å². The Hall–Kier alpha value is -3.77. The van der Waals surface area contributed by atoms with Crippen LogP contribution in [0.4, 0.5) is 27.8 Å². The first-order chi connectivity index (χ1) is 16.3. The summed E-state index contributed by atoms with van der Waals surface area (Å²) in [5.41, 5.74) is 18.0. The van der Waals surface area contributed by atoms with Crippen LogP contribution in [-0.2, 0) is 14.3 Å². The molecule has 0 bridgehead atoms. The van der Waals surface area contributed by atoms with Crippen LogP contribution in [0.15, 0.2) is 46.6 Å². The second-order valence-electron chi connectivity index (χ2n) is 7.14. The molecule has 184 valence electrons. The molecule has 2 atom stereocenters. The smallest absolute Gasteiger partial charge is 0.453 e. The lowest BCUT2D eigenvalue weighted by molar-refractivity contribution is -0.117. The number of aromatic nitrogens is 1. The lowest BCUT2D eigenvalue weighted by Crippen LogP contribution is -2.35. The number of anilines is 2. The van der Waals surface area contributed by atoms with Gasteiger partial charge >= 0.3 is 6.16 Å². The van der Waals surface area contributed by atoms with Crippen molar-refractivity contribution in [2.75, 3.05) is 24.2 Å². The summed E-state index contributed by atoms with van der Waals surface area (Å²) in [5, 5.41) is 10.9. The van der Waals surface area contributed by atoms with Crippen LogP contribution in [0.5, 0.6) is 5.75 Å². The summed E-state index contributed by atoms with van der Waals surface area (Å²) in [6.45, 7) is 3.96. The zero-order valence-corrected chi connectivity index (χ0v) is 19.3. The van der Waals surface area contributed by atoms with E-state index in [1.165, 1.54) is 0 Å². The van der Waals surface area contributed by atoms with E-state index in [0.717, 1.165) is 12.8 Å². The van der Waals surface area contributed by atoms with Gasteiger partial charge in [0.15, 0.2) is 11.6 Å². The van der Waals surface area contributed by atoms with Gasteiger partial charge in [-0.05, 0) is 50.6 Å². The Morgan fingerprint density at radius 1 is 1.12 bits per heavy atom. The molecular weight excluding hydrogens is 442 g/mol. The number of azo groups is 1. The Bertz CT molecular complexity index is 986. The van der Waals surface area contributed by atoms with E-state index >= 15 is 0 Å². The minimum absolute atomic E-state index is 0.0654.